The Morgan fingerprint density at radius 1 is 1.38 bits per heavy atom. The second kappa shape index (κ2) is 8.27. The number of nitrogens with one attached hydrogen (secondary N) is 1. The van der Waals surface area contributed by atoms with Crippen molar-refractivity contribution in [2.75, 3.05) is 0 Å². The molecule has 158 valence electrons. The van der Waals surface area contributed by atoms with E-state index >= 15 is 0 Å². The summed E-state index contributed by atoms with van der Waals surface area (Å²) in [5.41, 5.74) is 0.769. The van der Waals surface area contributed by atoms with Gasteiger partial charge in [-0.15, -0.1) is 13.2 Å². The first-order chi connectivity index (χ1) is 13.6. The summed E-state index contributed by atoms with van der Waals surface area (Å²) in [6, 6.07) is 5.67. The summed E-state index contributed by atoms with van der Waals surface area (Å²) in [5, 5.41) is 14.3. The van der Waals surface area contributed by atoms with Gasteiger partial charge in [-0.05, 0) is 35.0 Å². The Morgan fingerprint density at radius 3 is 2.66 bits per heavy atom. The zero-order valence-electron chi connectivity index (χ0n) is 15.8. The van der Waals surface area contributed by atoms with Gasteiger partial charge in [0.1, 0.15) is 18.1 Å². The Morgan fingerprint density at radius 2 is 2.07 bits per heavy atom. The molecule has 1 aromatic heterocycles. The maximum atomic E-state index is 12.3. The Balaban J connectivity index is 1.67. The van der Waals surface area contributed by atoms with Crippen molar-refractivity contribution in [3.8, 4) is 11.8 Å². The first-order valence-electron chi connectivity index (χ1n) is 9.07. The minimum absolute atomic E-state index is 0.148. The average Bonchev–Trinajstić information content (AvgIpc) is 3.02. The number of imidazole rings is 1. The van der Waals surface area contributed by atoms with Crippen molar-refractivity contribution in [1.29, 1.82) is 0 Å². The van der Waals surface area contributed by atoms with E-state index in [1.54, 1.807) is 16.7 Å². The van der Waals surface area contributed by atoms with Crippen molar-refractivity contribution >= 4 is 5.82 Å². The van der Waals surface area contributed by atoms with Gasteiger partial charge in [0.15, 0.2) is 0 Å². The molecule has 1 aromatic carbocycles. The van der Waals surface area contributed by atoms with Crippen LogP contribution in [0.5, 0.6) is 11.8 Å². The van der Waals surface area contributed by atoms with Crippen LogP contribution in [0.15, 0.2) is 30.5 Å². The molecule has 3 rings (SSSR count). The van der Waals surface area contributed by atoms with Gasteiger partial charge in [0.2, 0.25) is 0 Å². The molecule has 0 saturated heterocycles. The zero-order chi connectivity index (χ0) is 21.2. The van der Waals surface area contributed by atoms with Crippen LogP contribution < -0.4 is 14.8 Å². The Bertz CT molecular complexity index is 852. The van der Waals surface area contributed by atoms with Gasteiger partial charge in [-0.1, -0.05) is 26.0 Å². The van der Waals surface area contributed by atoms with Crippen LogP contribution in [0, 0.1) is 16.0 Å². The molecule has 0 unspecified atom stereocenters. The smallest absolute Gasteiger partial charge is 0.441 e. The number of hydrogen-bond donors (Lipinski definition) is 1. The van der Waals surface area contributed by atoms with Crippen molar-refractivity contribution in [1.82, 2.24) is 14.9 Å². The number of hydrogen-bond acceptors (Lipinski definition) is 6. The number of rotatable bonds is 7. The highest BCUT2D eigenvalue weighted by Crippen LogP contribution is 2.27. The number of alkyl halides is 3. The van der Waals surface area contributed by atoms with Gasteiger partial charge < -0.3 is 24.9 Å². The lowest BCUT2D eigenvalue weighted by Crippen LogP contribution is -2.49. The van der Waals surface area contributed by atoms with Crippen LogP contribution in [-0.2, 0) is 13.1 Å². The molecule has 2 heterocycles. The normalized spacial score (nSPS) is 19.0. The lowest BCUT2D eigenvalue weighted by Gasteiger charge is -2.32. The molecule has 8 nitrogen and oxygen atoms in total. The van der Waals surface area contributed by atoms with Crippen molar-refractivity contribution in [2.24, 2.45) is 5.92 Å². The topological polar surface area (TPSA) is 91.5 Å². The maximum absolute atomic E-state index is 12.3. The van der Waals surface area contributed by atoms with Gasteiger partial charge in [-0.25, -0.2) is 0 Å². The van der Waals surface area contributed by atoms with Gasteiger partial charge in [0, 0.05) is 18.1 Å². The average molecular weight is 414 g/mol. The molecule has 0 radical (unpaired) electrons. The molecule has 1 aliphatic rings. The van der Waals surface area contributed by atoms with Crippen LogP contribution in [0.25, 0.3) is 0 Å². The van der Waals surface area contributed by atoms with E-state index in [4.69, 9.17) is 4.74 Å². The summed E-state index contributed by atoms with van der Waals surface area (Å²) >= 11 is 0. The van der Waals surface area contributed by atoms with Crippen LogP contribution in [0.2, 0.25) is 0 Å². The van der Waals surface area contributed by atoms with Gasteiger partial charge in [-0.2, -0.15) is 0 Å². The highest BCUT2D eigenvalue weighted by atomic mass is 19.4. The summed E-state index contributed by atoms with van der Waals surface area (Å²) in [6.07, 6.45) is -2.92. The Labute approximate surface area is 164 Å². The number of nitro groups is 1. The second-order valence-electron chi connectivity index (χ2n) is 7.26. The summed E-state index contributed by atoms with van der Waals surface area (Å²) in [7, 11) is 0. The summed E-state index contributed by atoms with van der Waals surface area (Å²) in [4.78, 5) is 14.3. The molecule has 2 atom stereocenters. The van der Waals surface area contributed by atoms with E-state index < -0.39 is 11.3 Å². The minimum Gasteiger partial charge on any atom is -0.441 e. The molecule has 0 saturated carbocycles. The predicted molar refractivity (Wildman–Crippen MR) is 96.5 cm³/mol. The summed E-state index contributed by atoms with van der Waals surface area (Å²) < 4.78 is 48.1. The molecule has 0 bridgehead atoms. The third-order valence-electron chi connectivity index (χ3n) is 4.44. The Hall–Kier alpha value is -2.82. The monoisotopic (exact) mass is 414 g/mol. The largest absolute Gasteiger partial charge is 0.573 e. The van der Waals surface area contributed by atoms with Gasteiger partial charge in [0.25, 0.3) is 0 Å². The van der Waals surface area contributed by atoms with E-state index in [1.165, 1.54) is 18.3 Å². The van der Waals surface area contributed by atoms with Crippen molar-refractivity contribution < 1.29 is 27.6 Å². The number of fused-ring (bicyclic) bond motifs is 1. The minimum atomic E-state index is -4.73. The Kier molecular flexibility index (Phi) is 5.96. The lowest BCUT2D eigenvalue weighted by molar-refractivity contribution is -0.389. The van der Waals surface area contributed by atoms with E-state index in [0.29, 0.717) is 19.0 Å². The molecule has 11 heteroatoms. The lowest BCUT2D eigenvalue weighted by atomic mass is 9.98. The van der Waals surface area contributed by atoms with Crippen LogP contribution >= 0.6 is 0 Å². The first-order valence-corrected chi connectivity index (χ1v) is 9.07. The summed E-state index contributed by atoms with van der Waals surface area (Å²) in [5.74, 6) is -0.223. The van der Waals surface area contributed by atoms with E-state index in [0.717, 1.165) is 12.0 Å². The van der Waals surface area contributed by atoms with E-state index in [2.05, 4.69) is 15.0 Å². The SMILES string of the molecule is CC(C)C[C@H]1Oc2nc([N+](=O)[O-])cn2C[C@@H]1NCc1ccc(OC(F)(F)F)cc1. The number of aromatic nitrogens is 2. The number of halogens is 3. The van der Waals surface area contributed by atoms with Gasteiger partial charge >= 0.3 is 18.2 Å². The fourth-order valence-electron chi connectivity index (χ4n) is 3.18. The molecule has 0 spiro atoms. The summed E-state index contributed by atoms with van der Waals surface area (Å²) in [6.45, 7) is 4.91. The molecule has 1 N–H and O–H groups in total. The molecule has 0 fully saturated rings. The highest BCUT2D eigenvalue weighted by molar-refractivity contribution is 5.27. The van der Waals surface area contributed by atoms with Crippen LogP contribution in [0.3, 0.4) is 0 Å². The molecule has 0 aliphatic carbocycles. The number of nitrogens with zero attached hydrogens (tertiary/aromatic N) is 3. The highest BCUT2D eigenvalue weighted by Gasteiger charge is 2.35. The standard InChI is InChI=1S/C18H21F3N4O4/c1-11(2)7-15-14(9-24-10-16(25(26)27)23-17(24)28-15)22-8-12-3-5-13(6-4-12)29-18(19,20)21/h3-6,10-11,14-15,22H,7-9H2,1-2H3/t14-,15+/m0/s1. The molecular weight excluding hydrogens is 393 g/mol. The van der Waals surface area contributed by atoms with Crippen LogP contribution in [0.1, 0.15) is 25.8 Å². The van der Waals surface area contributed by atoms with Crippen molar-refractivity contribution in [3.63, 3.8) is 0 Å². The number of ether oxygens (including phenoxy) is 2. The molecule has 29 heavy (non-hydrogen) atoms. The second-order valence-corrected chi connectivity index (χ2v) is 7.26. The number of benzene rings is 1. The zero-order valence-corrected chi connectivity index (χ0v) is 15.8. The van der Waals surface area contributed by atoms with E-state index in [1.807, 2.05) is 13.8 Å². The van der Waals surface area contributed by atoms with E-state index in [9.17, 15) is 23.3 Å². The van der Waals surface area contributed by atoms with E-state index in [-0.39, 0.29) is 29.7 Å². The maximum Gasteiger partial charge on any atom is 0.573 e. The fraction of sp³-hybridized carbons (Fsp3) is 0.500. The van der Waals surface area contributed by atoms with Crippen molar-refractivity contribution in [3.05, 3.63) is 46.1 Å². The first kappa shape index (κ1) is 20.9. The van der Waals surface area contributed by atoms with Crippen molar-refractivity contribution in [2.45, 2.75) is 51.9 Å². The van der Waals surface area contributed by atoms with Crippen LogP contribution in [0.4, 0.5) is 19.0 Å². The molecular formula is C18H21F3N4O4. The molecule has 2 aromatic rings. The quantitative estimate of drug-likeness (QED) is 0.549. The fourth-order valence-corrected chi connectivity index (χ4v) is 3.18. The van der Waals surface area contributed by atoms with Crippen LogP contribution in [-0.4, -0.2) is 33.0 Å². The van der Waals surface area contributed by atoms with Gasteiger partial charge in [0.05, 0.1) is 6.04 Å². The third kappa shape index (κ3) is 5.59. The third-order valence-corrected chi connectivity index (χ3v) is 4.44. The van der Waals surface area contributed by atoms with Gasteiger partial charge in [-0.3, -0.25) is 4.57 Å². The molecule has 0 amide bonds. The predicted octanol–water partition coefficient (Wildman–Crippen LogP) is 3.66. The molecule has 1 aliphatic heterocycles.